The third-order valence-corrected chi connectivity index (χ3v) is 5.64. The molecule has 1 atom stereocenters. The van der Waals surface area contributed by atoms with Crippen molar-refractivity contribution in [2.45, 2.75) is 31.5 Å². The van der Waals surface area contributed by atoms with Crippen LogP contribution in [0.4, 0.5) is 0 Å². The second-order valence-corrected chi connectivity index (χ2v) is 7.54. The molecule has 1 unspecified atom stereocenters. The lowest BCUT2D eigenvalue weighted by Crippen LogP contribution is -2.10. The molecule has 0 saturated heterocycles. The third kappa shape index (κ3) is 5.17. The van der Waals surface area contributed by atoms with Crippen LogP contribution in [0.3, 0.4) is 0 Å². The summed E-state index contributed by atoms with van der Waals surface area (Å²) in [5, 5.41) is 9.16. The third-order valence-electron chi connectivity index (χ3n) is 4.62. The molecule has 3 rings (SSSR count). The van der Waals surface area contributed by atoms with Gasteiger partial charge in [0.2, 0.25) is 0 Å². The van der Waals surface area contributed by atoms with E-state index in [9.17, 15) is 4.79 Å². The van der Waals surface area contributed by atoms with Crippen molar-refractivity contribution in [3.05, 3.63) is 65.5 Å². The minimum atomic E-state index is -0.258. The molecule has 0 saturated carbocycles. The zero-order chi connectivity index (χ0) is 20.8. The maximum Gasteiger partial charge on any atom is 0.191 e. The topological polar surface area (TPSA) is 66.2 Å². The molecule has 0 bridgehead atoms. The molecule has 0 radical (unpaired) electrons. The number of thioether (sulfide) groups is 1. The van der Waals surface area contributed by atoms with Gasteiger partial charge in [0.25, 0.3) is 0 Å². The summed E-state index contributed by atoms with van der Waals surface area (Å²) in [7, 11) is 3.48. The second-order valence-electron chi connectivity index (χ2n) is 6.60. The Morgan fingerprint density at radius 2 is 1.72 bits per heavy atom. The van der Waals surface area contributed by atoms with E-state index in [-0.39, 0.29) is 17.6 Å². The fraction of sp³-hybridized carbons (Fsp3) is 0.318. The van der Waals surface area contributed by atoms with Crippen molar-refractivity contribution < 1.29 is 14.3 Å². The summed E-state index contributed by atoms with van der Waals surface area (Å²) < 4.78 is 13.0. The average Bonchev–Trinajstić information content (AvgIpc) is 3.13. The first-order valence-electron chi connectivity index (χ1n) is 9.46. The van der Waals surface area contributed by atoms with Crippen LogP contribution in [0.2, 0.25) is 0 Å². The molecule has 0 spiro atoms. The summed E-state index contributed by atoms with van der Waals surface area (Å²) in [5.74, 6) is 2.55. The molecule has 29 heavy (non-hydrogen) atoms. The fourth-order valence-electron chi connectivity index (χ4n) is 2.86. The Bertz CT molecular complexity index is 952. The number of hydrogen-bond donors (Lipinski definition) is 0. The quantitative estimate of drug-likeness (QED) is 0.381. The van der Waals surface area contributed by atoms with E-state index < -0.39 is 0 Å². The molecule has 6 nitrogen and oxygen atoms in total. The number of benzene rings is 2. The van der Waals surface area contributed by atoms with Gasteiger partial charge >= 0.3 is 0 Å². The van der Waals surface area contributed by atoms with E-state index >= 15 is 0 Å². The predicted octanol–water partition coefficient (Wildman–Crippen LogP) is 4.50. The molecule has 7 heteroatoms. The van der Waals surface area contributed by atoms with Crippen LogP contribution in [0.5, 0.6) is 11.5 Å². The van der Waals surface area contributed by atoms with E-state index in [2.05, 4.69) is 29.3 Å². The maximum atomic E-state index is 12.4. The van der Waals surface area contributed by atoms with Crippen molar-refractivity contribution in [1.82, 2.24) is 14.8 Å². The number of rotatable bonds is 9. The highest BCUT2D eigenvalue weighted by atomic mass is 32.2. The number of aromatic nitrogens is 3. The van der Waals surface area contributed by atoms with Crippen LogP contribution >= 0.6 is 11.8 Å². The summed E-state index contributed by atoms with van der Waals surface area (Å²) >= 11 is 1.36. The van der Waals surface area contributed by atoms with Crippen LogP contribution in [0, 0.1) is 0 Å². The molecule has 0 amide bonds. The number of aryl methyl sites for hydroxylation is 1. The van der Waals surface area contributed by atoms with Gasteiger partial charge in [-0.3, -0.25) is 4.79 Å². The molecular formula is C22H25N3O3S. The number of Topliss-reactive ketones (excluding diaryl/α,β-unsaturated/α-hetero) is 1. The van der Waals surface area contributed by atoms with Crippen molar-refractivity contribution in [3.63, 3.8) is 0 Å². The van der Waals surface area contributed by atoms with Crippen LogP contribution in [0.1, 0.15) is 41.7 Å². The molecule has 1 aromatic heterocycles. The normalized spacial score (nSPS) is 11.9. The van der Waals surface area contributed by atoms with Crippen LogP contribution in [0.15, 0.2) is 53.7 Å². The Hall–Kier alpha value is -2.80. The zero-order valence-electron chi connectivity index (χ0n) is 17.1. The van der Waals surface area contributed by atoms with Gasteiger partial charge in [0.1, 0.15) is 11.5 Å². The van der Waals surface area contributed by atoms with E-state index in [1.807, 2.05) is 30.7 Å². The van der Waals surface area contributed by atoms with Crippen LogP contribution in [0.25, 0.3) is 0 Å². The molecule has 152 valence electrons. The minimum absolute atomic E-state index is 0.0301. The first-order chi connectivity index (χ1) is 14.0. The Morgan fingerprint density at radius 1 is 1.07 bits per heavy atom. The van der Waals surface area contributed by atoms with Gasteiger partial charge < -0.3 is 14.0 Å². The molecule has 0 aliphatic carbocycles. The summed E-state index contributed by atoms with van der Waals surface area (Å²) in [4.78, 5) is 12.4. The van der Waals surface area contributed by atoms with Gasteiger partial charge in [-0.25, -0.2) is 0 Å². The van der Waals surface area contributed by atoms with E-state index in [4.69, 9.17) is 9.47 Å². The van der Waals surface area contributed by atoms with Gasteiger partial charge in [-0.2, -0.15) is 0 Å². The van der Waals surface area contributed by atoms with Crippen LogP contribution < -0.4 is 9.47 Å². The molecule has 1 heterocycles. The van der Waals surface area contributed by atoms with Gasteiger partial charge in [0.05, 0.1) is 12.9 Å². The molecule has 0 aliphatic heterocycles. The van der Waals surface area contributed by atoms with Gasteiger partial charge in [-0.05, 0) is 55.3 Å². The standard InChI is InChI=1S/C22H25N3O3S/c1-5-16-6-10-19(11-7-16)28-15(2)21-23-24-22(25(21)3)29-14-20(26)17-8-12-18(27-4)13-9-17/h6-13,15H,5,14H2,1-4H3. The highest BCUT2D eigenvalue weighted by Crippen LogP contribution is 2.24. The van der Waals surface area contributed by atoms with E-state index in [0.717, 1.165) is 17.9 Å². The lowest BCUT2D eigenvalue weighted by molar-refractivity contribution is 0.102. The maximum absolute atomic E-state index is 12.4. The first-order valence-corrected chi connectivity index (χ1v) is 10.4. The van der Waals surface area contributed by atoms with Crippen molar-refractivity contribution in [3.8, 4) is 11.5 Å². The highest BCUT2D eigenvalue weighted by Gasteiger charge is 2.18. The second kappa shape index (κ2) is 9.60. The summed E-state index contributed by atoms with van der Waals surface area (Å²) in [5.41, 5.74) is 1.91. The molecule has 0 fully saturated rings. The Labute approximate surface area is 175 Å². The summed E-state index contributed by atoms with van der Waals surface area (Å²) in [6.45, 7) is 4.06. The largest absolute Gasteiger partial charge is 0.497 e. The number of methoxy groups -OCH3 is 1. The lowest BCUT2D eigenvalue weighted by atomic mass is 10.1. The van der Waals surface area contributed by atoms with Gasteiger partial charge in [-0.15, -0.1) is 10.2 Å². The Kier molecular flexibility index (Phi) is 6.93. The van der Waals surface area contributed by atoms with Gasteiger partial charge in [0.15, 0.2) is 22.9 Å². The minimum Gasteiger partial charge on any atom is -0.497 e. The Balaban J connectivity index is 1.61. The van der Waals surface area contributed by atoms with E-state index in [0.29, 0.717) is 16.5 Å². The lowest BCUT2D eigenvalue weighted by Gasteiger charge is -2.14. The van der Waals surface area contributed by atoms with Crippen molar-refractivity contribution in [1.29, 1.82) is 0 Å². The van der Waals surface area contributed by atoms with Crippen molar-refractivity contribution in [2.24, 2.45) is 7.05 Å². The van der Waals surface area contributed by atoms with E-state index in [1.54, 1.807) is 31.4 Å². The monoisotopic (exact) mass is 411 g/mol. The smallest absolute Gasteiger partial charge is 0.191 e. The zero-order valence-corrected chi connectivity index (χ0v) is 17.9. The van der Waals surface area contributed by atoms with Crippen LogP contribution in [-0.4, -0.2) is 33.4 Å². The van der Waals surface area contributed by atoms with E-state index in [1.165, 1.54) is 17.3 Å². The fourth-order valence-corrected chi connectivity index (χ4v) is 3.67. The van der Waals surface area contributed by atoms with Gasteiger partial charge in [0, 0.05) is 12.6 Å². The number of carbonyl (C=O) groups is 1. The highest BCUT2D eigenvalue weighted by molar-refractivity contribution is 7.99. The number of nitrogens with zero attached hydrogens (tertiary/aromatic N) is 3. The van der Waals surface area contributed by atoms with Crippen molar-refractivity contribution in [2.75, 3.05) is 12.9 Å². The SMILES string of the molecule is CCc1ccc(OC(C)c2nnc(SCC(=O)c3ccc(OC)cc3)n2C)cc1. The number of ketones is 1. The number of ether oxygens (including phenoxy) is 2. The average molecular weight is 412 g/mol. The van der Waals surface area contributed by atoms with Gasteiger partial charge in [-0.1, -0.05) is 30.8 Å². The molecule has 2 aromatic carbocycles. The molecule has 3 aromatic rings. The summed E-state index contributed by atoms with van der Waals surface area (Å²) in [6.07, 6.45) is 0.737. The summed E-state index contributed by atoms with van der Waals surface area (Å²) in [6, 6.07) is 15.2. The van der Waals surface area contributed by atoms with Crippen LogP contribution in [-0.2, 0) is 13.5 Å². The molecule has 0 aliphatic rings. The first kappa shape index (κ1) is 20.9. The predicted molar refractivity (Wildman–Crippen MR) is 114 cm³/mol. The molecular weight excluding hydrogens is 386 g/mol. The number of hydrogen-bond acceptors (Lipinski definition) is 6. The number of carbonyl (C=O) groups excluding carboxylic acids is 1. The van der Waals surface area contributed by atoms with Crippen molar-refractivity contribution >= 4 is 17.5 Å². The molecule has 0 N–H and O–H groups in total. The Morgan fingerprint density at radius 3 is 2.34 bits per heavy atom.